The van der Waals surface area contributed by atoms with E-state index in [0.717, 1.165) is 19.5 Å². The zero-order chi connectivity index (χ0) is 32.7. The van der Waals surface area contributed by atoms with Crippen LogP contribution in [-0.4, -0.2) is 107 Å². The average Bonchev–Trinajstić information content (AvgIpc) is 3.63. The quantitative estimate of drug-likeness (QED) is 0.116. The summed E-state index contributed by atoms with van der Waals surface area (Å²) >= 11 is 0. The Morgan fingerprint density at radius 1 is 0.886 bits per heavy atom. The zero-order valence-electron chi connectivity index (χ0n) is 28.0. The highest BCUT2D eigenvalue weighted by molar-refractivity contribution is 5.95. The third-order valence-corrected chi connectivity index (χ3v) is 7.77. The van der Waals surface area contributed by atoms with Crippen LogP contribution in [0.4, 0.5) is 0 Å². The summed E-state index contributed by atoms with van der Waals surface area (Å²) in [5, 5.41) is 12.2. The Bertz CT molecular complexity index is 901. The van der Waals surface area contributed by atoms with Crippen molar-refractivity contribution in [1.82, 2.24) is 21.3 Å². The lowest BCUT2D eigenvalue weighted by Gasteiger charge is -2.33. The van der Waals surface area contributed by atoms with E-state index in [1.807, 2.05) is 34.6 Å². The molecule has 1 aliphatic heterocycles. The minimum absolute atomic E-state index is 0.222. The number of hydrogen-bond acceptors (Lipinski definition) is 10. The van der Waals surface area contributed by atoms with Crippen LogP contribution in [0, 0.1) is 23.2 Å². The summed E-state index contributed by atoms with van der Waals surface area (Å²) in [5.41, 5.74) is -0.623. The van der Waals surface area contributed by atoms with E-state index in [0.29, 0.717) is 45.4 Å². The number of ketones is 1. The predicted octanol–water partition coefficient (Wildman–Crippen LogP) is 1.60. The van der Waals surface area contributed by atoms with Gasteiger partial charge >= 0.3 is 5.97 Å². The topological polar surface area (TPSA) is 153 Å². The predicted molar refractivity (Wildman–Crippen MR) is 167 cm³/mol. The molecule has 0 radical (unpaired) electrons. The van der Waals surface area contributed by atoms with Crippen molar-refractivity contribution in [2.45, 2.75) is 98.4 Å². The van der Waals surface area contributed by atoms with Gasteiger partial charge in [-0.2, -0.15) is 0 Å². The molecule has 0 aromatic carbocycles. The molecule has 0 bridgehead atoms. The Morgan fingerprint density at radius 3 is 2.11 bits per heavy atom. The van der Waals surface area contributed by atoms with E-state index in [-0.39, 0.29) is 55.7 Å². The Balaban J connectivity index is 1.90. The van der Waals surface area contributed by atoms with Gasteiger partial charge in [0.2, 0.25) is 11.8 Å². The van der Waals surface area contributed by atoms with Crippen molar-refractivity contribution in [3.05, 3.63) is 0 Å². The second-order valence-electron chi connectivity index (χ2n) is 13.7. The molecule has 4 N–H and O–H groups in total. The summed E-state index contributed by atoms with van der Waals surface area (Å²) in [6, 6.07) is -0.784. The maximum absolute atomic E-state index is 14.0. The van der Waals surface area contributed by atoms with Crippen LogP contribution >= 0.6 is 0 Å². The molecule has 1 heterocycles. The van der Waals surface area contributed by atoms with Gasteiger partial charge in [0.25, 0.3) is 0 Å². The highest BCUT2D eigenvalue weighted by atomic mass is 16.5. The zero-order valence-corrected chi connectivity index (χ0v) is 28.0. The summed E-state index contributed by atoms with van der Waals surface area (Å²) in [6.45, 7) is 17.6. The molecule has 0 aromatic rings. The van der Waals surface area contributed by atoms with Gasteiger partial charge in [-0.25, -0.2) is 0 Å². The molecule has 5 unspecified atom stereocenters. The molecule has 0 aromatic heterocycles. The van der Waals surface area contributed by atoms with Gasteiger partial charge in [0.15, 0.2) is 5.78 Å². The highest BCUT2D eigenvalue weighted by Gasteiger charge is 2.48. The monoisotopic (exact) mass is 626 g/mol. The summed E-state index contributed by atoms with van der Waals surface area (Å²) in [7, 11) is 0. The molecule has 0 spiro atoms. The molecule has 1 saturated heterocycles. The van der Waals surface area contributed by atoms with Gasteiger partial charge in [-0.15, -0.1) is 0 Å². The van der Waals surface area contributed by atoms with Crippen molar-refractivity contribution in [3.8, 4) is 0 Å². The van der Waals surface area contributed by atoms with Gasteiger partial charge in [0.1, 0.15) is 18.8 Å². The fourth-order valence-electron chi connectivity index (χ4n) is 5.42. The highest BCUT2D eigenvalue weighted by Crippen LogP contribution is 2.38. The number of hydrogen-bond donors (Lipinski definition) is 4. The first kappa shape index (κ1) is 38.1. The summed E-state index contributed by atoms with van der Waals surface area (Å²) in [6.07, 6.45) is 1.58. The number of amides is 2. The normalized spacial score (nSPS) is 22.8. The van der Waals surface area contributed by atoms with Gasteiger partial charge in [0, 0.05) is 25.0 Å². The fourth-order valence-corrected chi connectivity index (χ4v) is 5.42. The lowest BCUT2D eigenvalue weighted by atomic mass is 9.77. The van der Waals surface area contributed by atoms with E-state index in [1.54, 1.807) is 0 Å². The van der Waals surface area contributed by atoms with Gasteiger partial charge < -0.3 is 40.2 Å². The molecule has 12 heteroatoms. The van der Waals surface area contributed by atoms with Crippen molar-refractivity contribution in [3.63, 3.8) is 0 Å². The number of Topliss-reactive ketones (excluding diaryl/α,β-unsaturated/α-hetero) is 1. The van der Waals surface area contributed by atoms with Gasteiger partial charge in [-0.3, -0.25) is 19.2 Å². The molecular weight excluding hydrogens is 568 g/mol. The first-order valence-electron chi connectivity index (χ1n) is 16.3. The smallest absolute Gasteiger partial charge is 0.323 e. The van der Waals surface area contributed by atoms with Crippen molar-refractivity contribution in [2.75, 3.05) is 59.3 Å². The number of carbonyl (C=O) groups excluding carboxylic acids is 4. The van der Waals surface area contributed by atoms with E-state index in [2.05, 4.69) is 35.1 Å². The van der Waals surface area contributed by atoms with Crippen LogP contribution < -0.4 is 21.3 Å². The molecule has 2 amide bonds. The third-order valence-electron chi connectivity index (χ3n) is 7.77. The minimum atomic E-state index is -0.853. The van der Waals surface area contributed by atoms with Crippen molar-refractivity contribution in [2.24, 2.45) is 23.2 Å². The van der Waals surface area contributed by atoms with Gasteiger partial charge in [-0.05, 0) is 43.6 Å². The number of nitrogens with one attached hydrogen (secondary N) is 4. The van der Waals surface area contributed by atoms with E-state index in [9.17, 15) is 19.2 Å². The molecule has 2 aliphatic rings. The molecule has 44 heavy (non-hydrogen) atoms. The van der Waals surface area contributed by atoms with Gasteiger partial charge in [0.05, 0.1) is 45.0 Å². The van der Waals surface area contributed by atoms with Gasteiger partial charge in [-0.1, -0.05) is 48.5 Å². The second kappa shape index (κ2) is 19.4. The van der Waals surface area contributed by atoms with E-state index in [4.69, 9.17) is 18.9 Å². The molecular formula is C32H58N4O8. The van der Waals surface area contributed by atoms with Crippen LogP contribution in [0.5, 0.6) is 0 Å². The van der Waals surface area contributed by atoms with Crippen LogP contribution in [0.25, 0.3) is 0 Å². The molecule has 2 rings (SSSR count). The van der Waals surface area contributed by atoms with Crippen molar-refractivity contribution in [1.29, 1.82) is 0 Å². The first-order chi connectivity index (χ1) is 20.8. The number of esters is 1. The number of rotatable bonds is 20. The Kier molecular flexibility index (Phi) is 16.8. The van der Waals surface area contributed by atoms with E-state index >= 15 is 0 Å². The second-order valence-corrected chi connectivity index (χ2v) is 13.7. The molecule has 5 atom stereocenters. The Hall–Kier alpha value is -2.12. The van der Waals surface area contributed by atoms with Crippen LogP contribution in [0.2, 0.25) is 0 Å². The standard InChI is InChI=1S/C32H58N4O8/c1-21(2)19-35-30(39)25-18-23(44-31(40)26-9-8-10-34-26)17-24(25)28(38)29(32(5,6)7)36-27(37)20-43-16-15-42-14-13-41-12-11-33-22(3)4/h21-26,29,33-34H,8-20H2,1-7H3,(H,35,39)(H,36,37). The number of carbonyl (C=O) groups is 4. The third kappa shape index (κ3) is 13.9. The average molecular weight is 627 g/mol. The summed E-state index contributed by atoms with van der Waals surface area (Å²) < 4.78 is 22.2. The molecule has 1 saturated carbocycles. The molecule has 2 fully saturated rings. The minimum Gasteiger partial charge on any atom is -0.461 e. The largest absolute Gasteiger partial charge is 0.461 e. The maximum atomic E-state index is 14.0. The van der Waals surface area contributed by atoms with Crippen LogP contribution in [-0.2, 0) is 38.1 Å². The first-order valence-corrected chi connectivity index (χ1v) is 16.3. The lowest BCUT2D eigenvalue weighted by Crippen LogP contribution is -2.53. The maximum Gasteiger partial charge on any atom is 0.323 e. The lowest BCUT2D eigenvalue weighted by molar-refractivity contribution is -0.151. The van der Waals surface area contributed by atoms with Crippen molar-refractivity contribution < 1.29 is 38.1 Å². The summed E-state index contributed by atoms with van der Waals surface area (Å²) in [5.74, 6) is -2.33. The molecule has 1 aliphatic carbocycles. The van der Waals surface area contributed by atoms with E-state index < -0.39 is 35.3 Å². The summed E-state index contributed by atoms with van der Waals surface area (Å²) in [4.78, 5) is 52.8. The SMILES string of the molecule is CC(C)CNC(=O)C1CC(OC(=O)C2CCCN2)CC1C(=O)C(NC(=O)COCCOCCOCCNC(C)C)C(C)(C)C. The fraction of sp³-hybridized carbons (Fsp3) is 0.875. The molecule has 254 valence electrons. The number of ether oxygens (including phenoxy) is 4. The Labute approximate surface area is 263 Å². The van der Waals surface area contributed by atoms with E-state index in [1.165, 1.54) is 0 Å². The van der Waals surface area contributed by atoms with Crippen molar-refractivity contribution >= 4 is 23.6 Å². The van der Waals surface area contributed by atoms with Crippen LogP contribution in [0.3, 0.4) is 0 Å². The molecule has 12 nitrogen and oxygen atoms in total. The van der Waals surface area contributed by atoms with Crippen LogP contribution in [0.15, 0.2) is 0 Å². The van der Waals surface area contributed by atoms with Crippen LogP contribution in [0.1, 0.15) is 74.1 Å². The Morgan fingerprint density at radius 2 is 1.52 bits per heavy atom.